The van der Waals surface area contributed by atoms with Gasteiger partial charge in [0.2, 0.25) is 0 Å². The molecule has 11 heavy (non-hydrogen) atoms. The van der Waals surface area contributed by atoms with Crippen molar-refractivity contribution in [3.8, 4) is 11.8 Å². The van der Waals surface area contributed by atoms with Gasteiger partial charge in [-0.25, -0.2) is 0 Å². The Hall–Kier alpha value is -0.850. The summed E-state index contributed by atoms with van der Waals surface area (Å²) in [6.45, 7) is 1.82. The summed E-state index contributed by atoms with van der Waals surface area (Å²) in [6.07, 6.45) is 2.52. The molecule has 0 aliphatic carbocycles. The molecular formula is C8H10N2S. The predicted octanol–water partition coefficient (Wildman–Crippen LogP) is 1.56. The van der Waals surface area contributed by atoms with Crippen molar-refractivity contribution in [3.05, 3.63) is 16.6 Å². The number of nitrogens with zero attached hydrogens (tertiary/aromatic N) is 1. The Bertz CT molecular complexity index is 255. The number of hydrogen-bond acceptors (Lipinski definition) is 3. The molecule has 1 atom stereocenters. The van der Waals surface area contributed by atoms with E-state index in [0.717, 1.165) is 11.3 Å². The molecule has 2 N–H and O–H groups in total. The monoisotopic (exact) mass is 166 g/mol. The molecule has 0 amide bonds. The lowest BCUT2D eigenvalue weighted by molar-refractivity contribution is 0.768. The van der Waals surface area contributed by atoms with E-state index in [1.165, 1.54) is 0 Å². The van der Waals surface area contributed by atoms with Crippen molar-refractivity contribution in [2.24, 2.45) is 5.73 Å². The molecular weight excluding hydrogens is 156 g/mol. The Morgan fingerprint density at radius 3 is 3.18 bits per heavy atom. The summed E-state index contributed by atoms with van der Waals surface area (Å²) in [5.74, 6) is 5.75. The van der Waals surface area contributed by atoms with E-state index in [0.29, 0.717) is 0 Å². The number of rotatable bonds is 2. The van der Waals surface area contributed by atoms with Crippen molar-refractivity contribution in [2.45, 2.75) is 19.4 Å². The summed E-state index contributed by atoms with van der Waals surface area (Å²) in [4.78, 5) is 5.05. The van der Waals surface area contributed by atoms with Gasteiger partial charge in [-0.3, -0.25) is 4.98 Å². The zero-order chi connectivity index (χ0) is 8.10. The van der Waals surface area contributed by atoms with E-state index in [1.807, 2.05) is 6.92 Å². The first-order chi connectivity index (χ1) is 5.34. The molecule has 1 unspecified atom stereocenters. The van der Waals surface area contributed by atoms with E-state index < -0.39 is 0 Å². The zero-order valence-corrected chi connectivity index (χ0v) is 7.19. The average Bonchev–Trinajstić information content (AvgIpc) is 2.52. The largest absolute Gasteiger partial charge is 0.322 e. The highest BCUT2D eigenvalue weighted by Crippen LogP contribution is 2.16. The lowest BCUT2D eigenvalue weighted by Crippen LogP contribution is -2.06. The minimum atomic E-state index is 0.0370. The van der Waals surface area contributed by atoms with E-state index in [1.54, 1.807) is 23.0 Å². The van der Waals surface area contributed by atoms with E-state index in [4.69, 9.17) is 5.73 Å². The first-order valence-corrected chi connectivity index (χ1v) is 4.26. The highest BCUT2D eigenvalue weighted by Gasteiger charge is 2.04. The van der Waals surface area contributed by atoms with Crippen LogP contribution in [-0.2, 0) is 0 Å². The minimum Gasteiger partial charge on any atom is -0.322 e. The van der Waals surface area contributed by atoms with Crippen LogP contribution in [0.4, 0.5) is 0 Å². The maximum absolute atomic E-state index is 5.79. The van der Waals surface area contributed by atoms with Crippen molar-refractivity contribution in [2.75, 3.05) is 0 Å². The molecule has 0 fully saturated rings. The number of hydrogen-bond donors (Lipinski definition) is 1. The molecule has 0 aliphatic rings. The molecule has 1 heterocycles. The second-order valence-corrected chi connectivity index (χ2v) is 3.06. The third-order valence-electron chi connectivity index (χ3n) is 1.32. The van der Waals surface area contributed by atoms with Gasteiger partial charge in [0.05, 0.1) is 11.6 Å². The minimum absolute atomic E-state index is 0.0370. The molecule has 3 heteroatoms. The van der Waals surface area contributed by atoms with Crippen LogP contribution < -0.4 is 5.73 Å². The van der Waals surface area contributed by atoms with Crippen molar-refractivity contribution < 1.29 is 0 Å². The van der Waals surface area contributed by atoms with Crippen molar-refractivity contribution >= 4 is 11.3 Å². The second kappa shape index (κ2) is 4.12. The Kier molecular flexibility index (Phi) is 3.09. The first kappa shape index (κ1) is 8.25. The van der Waals surface area contributed by atoms with Crippen LogP contribution in [0.3, 0.4) is 0 Å². The SMILES string of the molecule is CC#CCC(N)c1cncs1. The fourth-order valence-corrected chi connectivity index (χ4v) is 1.34. The van der Waals surface area contributed by atoms with Crippen LogP contribution in [0, 0.1) is 11.8 Å². The van der Waals surface area contributed by atoms with E-state index in [-0.39, 0.29) is 6.04 Å². The lowest BCUT2D eigenvalue weighted by Gasteiger charge is -2.01. The predicted molar refractivity (Wildman–Crippen MR) is 47.1 cm³/mol. The summed E-state index contributed by atoms with van der Waals surface area (Å²) >= 11 is 1.58. The molecule has 1 aromatic rings. The summed E-state index contributed by atoms with van der Waals surface area (Å²) < 4.78 is 0. The van der Waals surface area contributed by atoms with Gasteiger partial charge in [-0.05, 0) is 6.92 Å². The van der Waals surface area contributed by atoms with Crippen LogP contribution in [0.15, 0.2) is 11.7 Å². The van der Waals surface area contributed by atoms with E-state index in [9.17, 15) is 0 Å². The molecule has 0 radical (unpaired) electrons. The summed E-state index contributed by atoms with van der Waals surface area (Å²) in [5.41, 5.74) is 7.58. The van der Waals surface area contributed by atoms with Gasteiger partial charge in [0.15, 0.2) is 0 Å². The molecule has 1 rings (SSSR count). The third-order valence-corrected chi connectivity index (χ3v) is 2.22. The van der Waals surface area contributed by atoms with Crippen molar-refractivity contribution in [1.29, 1.82) is 0 Å². The maximum atomic E-state index is 5.79. The Morgan fingerprint density at radius 1 is 1.82 bits per heavy atom. The van der Waals surface area contributed by atoms with Gasteiger partial charge in [-0.2, -0.15) is 0 Å². The molecule has 58 valence electrons. The molecule has 0 saturated heterocycles. The van der Waals surface area contributed by atoms with Gasteiger partial charge in [0.25, 0.3) is 0 Å². The first-order valence-electron chi connectivity index (χ1n) is 3.38. The number of thiazole rings is 1. The number of aromatic nitrogens is 1. The summed E-state index contributed by atoms with van der Waals surface area (Å²) in [7, 11) is 0. The fourth-order valence-electron chi connectivity index (χ4n) is 0.721. The van der Waals surface area contributed by atoms with Gasteiger partial charge in [-0.1, -0.05) is 0 Å². The van der Waals surface area contributed by atoms with Crippen LogP contribution >= 0.6 is 11.3 Å². The number of nitrogens with two attached hydrogens (primary N) is 1. The maximum Gasteiger partial charge on any atom is 0.0794 e. The second-order valence-electron chi connectivity index (χ2n) is 2.14. The standard InChI is InChI=1S/C8H10N2S/c1-2-3-4-7(9)8-5-10-6-11-8/h5-7H,4,9H2,1H3. The molecule has 0 aromatic carbocycles. The van der Waals surface area contributed by atoms with Crippen LogP contribution in [0.1, 0.15) is 24.3 Å². The average molecular weight is 166 g/mol. The van der Waals surface area contributed by atoms with Gasteiger partial charge in [0, 0.05) is 17.5 Å². The van der Waals surface area contributed by atoms with Crippen LogP contribution in [0.5, 0.6) is 0 Å². The van der Waals surface area contributed by atoms with E-state index in [2.05, 4.69) is 16.8 Å². The van der Waals surface area contributed by atoms with Crippen molar-refractivity contribution in [1.82, 2.24) is 4.98 Å². The smallest absolute Gasteiger partial charge is 0.0794 e. The topological polar surface area (TPSA) is 38.9 Å². The zero-order valence-electron chi connectivity index (χ0n) is 6.37. The Balaban J connectivity index is 2.53. The molecule has 0 spiro atoms. The van der Waals surface area contributed by atoms with Gasteiger partial charge >= 0.3 is 0 Å². The van der Waals surface area contributed by atoms with E-state index >= 15 is 0 Å². The van der Waals surface area contributed by atoms with Crippen LogP contribution in [0.25, 0.3) is 0 Å². The van der Waals surface area contributed by atoms with Crippen LogP contribution in [-0.4, -0.2) is 4.98 Å². The molecule has 1 aromatic heterocycles. The highest BCUT2D eigenvalue weighted by molar-refractivity contribution is 7.09. The normalized spacial score (nSPS) is 11.8. The quantitative estimate of drug-likeness (QED) is 0.677. The van der Waals surface area contributed by atoms with Gasteiger partial charge < -0.3 is 5.73 Å². The molecule has 0 bridgehead atoms. The lowest BCUT2D eigenvalue weighted by atomic mass is 10.2. The van der Waals surface area contributed by atoms with Crippen LogP contribution in [0.2, 0.25) is 0 Å². The van der Waals surface area contributed by atoms with Gasteiger partial charge in [-0.15, -0.1) is 23.2 Å². The van der Waals surface area contributed by atoms with Crippen molar-refractivity contribution in [3.63, 3.8) is 0 Å². The highest BCUT2D eigenvalue weighted by atomic mass is 32.1. The summed E-state index contributed by atoms with van der Waals surface area (Å²) in [6, 6.07) is 0.0370. The Morgan fingerprint density at radius 2 is 2.64 bits per heavy atom. The summed E-state index contributed by atoms with van der Waals surface area (Å²) in [5, 5.41) is 0. The third kappa shape index (κ3) is 2.34. The molecule has 2 nitrogen and oxygen atoms in total. The molecule has 0 aliphatic heterocycles. The Labute approximate surface area is 70.5 Å². The molecule has 0 saturated carbocycles. The fraction of sp³-hybridized carbons (Fsp3) is 0.375. The van der Waals surface area contributed by atoms with Gasteiger partial charge in [0.1, 0.15) is 0 Å².